The third-order valence-electron chi connectivity index (χ3n) is 2.67. The maximum atomic E-state index is 11.8. The SMILES string of the molecule is CC(=O)N(C(C)C)C1NC(=O)N(C(C)C)C(=O)N1. The number of hydrogen-bond acceptors (Lipinski definition) is 3. The minimum Gasteiger partial charge on any atom is -0.303 e. The van der Waals surface area contributed by atoms with Crippen LogP contribution in [0, 0.1) is 0 Å². The lowest BCUT2D eigenvalue weighted by Gasteiger charge is -2.41. The molecule has 0 atom stereocenters. The molecule has 102 valence electrons. The fourth-order valence-electron chi connectivity index (χ4n) is 1.95. The first kappa shape index (κ1) is 14.3. The Morgan fingerprint density at radius 2 is 1.61 bits per heavy atom. The normalized spacial score (nSPS) is 16.9. The third-order valence-corrected chi connectivity index (χ3v) is 2.67. The number of hydrogen-bond donors (Lipinski definition) is 2. The second kappa shape index (κ2) is 5.24. The van der Waals surface area contributed by atoms with Gasteiger partial charge in [0, 0.05) is 19.0 Å². The minimum atomic E-state index is -0.794. The Balaban J connectivity index is 2.88. The number of nitrogens with one attached hydrogen (secondary N) is 2. The van der Waals surface area contributed by atoms with E-state index in [-0.39, 0.29) is 18.0 Å². The highest BCUT2D eigenvalue weighted by Gasteiger charge is 2.37. The predicted molar refractivity (Wildman–Crippen MR) is 65.5 cm³/mol. The van der Waals surface area contributed by atoms with Crippen molar-refractivity contribution in [3.05, 3.63) is 0 Å². The number of carbonyl (C=O) groups excluding carboxylic acids is 3. The smallest absolute Gasteiger partial charge is 0.303 e. The zero-order valence-electron chi connectivity index (χ0n) is 11.4. The van der Waals surface area contributed by atoms with Crippen molar-refractivity contribution in [1.82, 2.24) is 20.4 Å². The molecule has 0 aromatic rings. The quantitative estimate of drug-likeness (QED) is 0.778. The molecular weight excluding hydrogens is 236 g/mol. The molecule has 0 spiro atoms. The Morgan fingerprint density at radius 3 is 1.89 bits per heavy atom. The summed E-state index contributed by atoms with van der Waals surface area (Å²) < 4.78 is 0. The van der Waals surface area contributed by atoms with Crippen LogP contribution in [-0.4, -0.2) is 46.1 Å². The van der Waals surface area contributed by atoms with E-state index in [9.17, 15) is 14.4 Å². The Labute approximate surface area is 106 Å². The second-order valence-electron chi connectivity index (χ2n) is 4.79. The van der Waals surface area contributed by atoms with Gasteiger partial charge in [0.2, 0.25) is 5.91 Å². The lowest BCUT2D eigenvalue weighted by Crippen LogP contribution is -2.71. The molecule has 1 fully saturated rings. The van der Waals surface area contributed by atoms with Crippen LogP contribution >= 0.6 is 0 Å². The van der Waals surface area contributed by atoms with Crippen LogP contribution in [-0.2, 0) is 4.79 Å². The van der Waals surface area contributed by atoms with E-state index in [1.54, 1.807) is 13.8 Å². The van der Waals surface area contributed by atoms with E-state index in [0.29, 0.717) is 0 Å². The van der Waals surface area contributed by atoms with E-state index in [2.05, 4.69) is 10.6 Å². The molecule has 0 aliphatic carbocycles. The monoisotopic (exact) mass is 256 g/mol. The lowest BCUT2D eigenvalue weighted by molar-refractivity contribution is -0.134. The van der Waals surface area contributed by atoms with Crippen molar-refractivity contribution in [3.8, 4) is 0 Å². The van der Waals surface area contributed by atoms with Crippen LogP contribution < -0.4 is 10.6 Å². The van der Waals surface area contributed by atoms with Crippen LogP contribution in [0.3, 0.4) is 0 Å². The van der Waals surface area contributed by atoms with Crippen molar-refractivity contribution in [2.24, 2.45) is 0 Å². The van der Waals surface area contributed by atoms with E-state index in [0.717, 1.165) is 4.90 Å². The number of imide groups is 1. The van der Waals surface area contributed by atoms with Crippen LogP contribution in [0.4, 0.5) is 9.59 Å². The minimum absolute atomic E-state index is 0.126. The first-order chi connectivity index (χ1) is 8.25. The van der Waals surface area contributed by atoms with Crippen molar-refractivity contribution in [2.75, 3.05) is 0 Å². The van der Waals surface area contributed by atoms with Crippen molar-refractivity contribution in [2.45, 2.75) is 53.0 Å². The Morgan fingerprint density at radius 1 is 1.17 bits per heavy atom. The standard InChI is InChI=1S/C11H20N4O3/c1-6(2)14(8(5)16)9-12-10(17)15(7(3)4)11(18)13-9/h6-7,9H,1-5H3,(H,12,17)(H,13,18). The van der Waals surface area contributed by atoms with Crippen molar-refractivity contribution in [3.63, 3.8) is 0 Å². The van der Waals surface area contributed by atoms with Crippen LogP contribution in [0.2, 0.25) is 0 Å². The molecule has 1 aliphatic rings. The number of carbonyl (C=O) groups is 3. The molecule has 1 saturated heterocycles. The van der Waals surface area contributed by atoms with E-state index >= 15 is 0 Å². The largest absolute Gasteiger partial charge is 0.328 e. The molecule has 1 rings (SSSR count). The van der Waals surface area contributed by atoms with Gasteiger partial charge in [0.15, 0.2) is 6.29 Å². The van der Waals surface area contributed by atoms with Gasteiger partial charge in [0.1, 0.15) is 0 Å². The summed E-state index contributed by atoms with van der Waals surface area (Å²) in [5, 5.41) is 5.20. The summed E-state index contributed by atoms with van der Waals surface area (Å²) in [6.45, 7) is 8.51. The Hall–Kier alpha value is -1.79. The van der Waals surface area contributed by atoms with Crippen molar-refractivity contribution < 1.29 is 14.4 Å². The summed E-state index contributed by atoms with van der Waals surface area (Å²) in [5.74, 6) is -0.214. The van der Waals surface area contributed by atoms with E-state index in [1.165, 1.54) is 11.8 Å². The van der Waals surface area contributed by atoms with E-state index in [4.69, 9.17) is 0 Å². The molecule has 2 N–H and O–H groups in total. The number of rotatable bonds is 3. The van der Waals surface area contributed by atoms with E-state index < -0.39 is 18.4 Å². The van der Waals surface area contributed by atoms with Gasteiger partial charge in [-0.25, -0.2) is 14.5 Å². The van der Waals surface area contributed by atoms with Gasteiger partial charge >= 0.3 is 12.1 Å². The number of urea groups is 2. The Kier molecular flexibility index (Phi) is 4.15. The highest BCUT2D eigenvalue weighted by molar-refractivity contribution is 5.96. The maximum absolute atomic E-state index is 11.8. The zero-order valence-corrected chi connectivity index (χ0v) is 11.4. The molecule has 0 aromatic heterocycles. The summed E-state index contributed by atoms with van der Waals surface area (Å²) in [7, 11) is 0. The molecule has 7 heteroatoms. The molecule has 0 aromatic carbocycles. The van der Waals surface area contributed by atoms with Gasteiger partial charge in [-0.05, 0) is 27.7 Å². The van der Waals surface area contributed by atoms with Crippen molar-refractivity contribution >= 4 is 18.0 Å². The molecule has 1 heterocycles. The lowest BCUT2D eigenvalue weighted by atomic mass is 10.3. The topological polar surface area (TPSA) is 81.8 Å². The molecule has 7 nitrogen and oxygen atoms in total. The first-order valence-electron chi connectivity index (χ1n) is 5.94. The first-order valence-corrected chi connectivity index (χ1v) is 5.94. The molecule has 18 heavy (non-hydrogen) atoms. The van der Waals surface area contributed by atoms with E-state index in [1.807, 2.05) is 13.8 Å². The summed E-state index contributed by atoms with van der Waals surface area (Å²) in [5.41, 5.74) is 0. The maximum Gasteiger partial charge on any atom is 0.328 e. The second-order valence-corrected chi connectivity index (χ2v) is 4.79. The van der Waals surface area contributed by atoms with Crippen molar-refractivity contribution in [1.29, 1.82) is 0 Å². The van der Waals surface area contributed by atoms with Crippen LogP contribution in [0.1, 0.15) is 34.6 Å². The van der Waals surface area contributed by atoms with Gasteiger partial charge < -0.3 is 4.90 Å². The van der Waals surface area contributed by atoms with Gasteiger partial charge in [-0.3, -0.25) is 15.4 Å². The molecule has 0 unspecified atom stereocenters. The predicted octanol–water partition coefficient (Wildman–Crippen LogP) is 0.670. The summed E-state index contributed by atoms with van der Waals surface area (Å²) >= 11 is 0. The summed E-state index contributed by atoms with van der Waals surface area (Å²) in [4.78, 5) is 37.7. The molecule has 1 aliphatic heterocycles. The third kappa shape index (κ3) is 2.72. The van der Waals surface area contributed by atoms with Crippen LogP contribution in [0.25, 0.3) is 0 Å². The Bertz CT molecular complexity index is 349. The van der Waals surface area contributed by atoms with Gasteiger partial charge in [-0.15, -0.1) is 0 Å². The molecule has 0 saturated carbocycles. The highest BCUT2D eigenvalue weighted by Crippen LogP contribution is 2.10. The average molecular weight is 256 g/mol. The summed E-state index contributed by atoms with van der Waals surface area (Å²) in [6.07, 6.45) is -0.794. The average Bonchev–Trinajstić information content (AvgIpc) is 2.13. The zero-order chi connectivity index (χ0) is 14.0. The van der Waals surface area contributed by atoms with Crippen LogP contribution in [0.5, 0.6) is 0 Å². The highest BCUT2D eigenvalue weighted by atomic mass is 16.2. The molecule has 0 bridgehead atoms. The van der Waals surface area contributed by atoms with Crippen LogP contribution in [0.15, 0.2) is 0 Å². The van der Waals surface area contributed by atoms with Gasteiger partial charge in [0.05, 0.1) is 0 Å². The molecule has 0 radical (unpaired) electrons. The fourth-order valence-corrected chi connectivity index (χ4v) is 1.95. The fraction of sp³-hybridized carbons (Fsp3) is 0.727. The molecule has 5 amide bonds. The van der Waals surface area contributed by atoms with Gasteiger partial charge in [0.25, 0.3) is 0 Å². The van der Waals surface area contributed by atoms with Gasteiger partial charge in [-0.1, -0.05) is 0 Å². The summed E-state index contributed by atoms with van der Waals surface area (Å²) in [6, 6.07) is -1.36. The number of amides is 5. The van der Waals surface area contributed by atoms with Gasteiger partial charge in [-0.2, -0.15) is 0 Å². The number of nitrogens with zero attached hydrogens (tertiary/aromatic N) is 2. The molecular formula is C11H20N4O3.